The van der Waals surface area contributed by atoms with Gasteiger partial charge in [0.1, 0.15) is 0 Å². The number of hydrogen-bond donors (Lipinski definition) is 1. The first-order chi connectivity index (χ1) is 5.13. The van der Waals surface area contributed by atoms with Crippen LogP contribution in [0.25, 0.3) is 0 Å². The van der Waals surface area contributed by atoms with Crippen molar-refractivity contribution in [3.8, 4) is 0 Å². The first kappa shape index (κ1) is 10.2. The smallest absolute Gasteiger partial charge is 0.327 e. The lowest BCUT2D eigenvalue weighted by molar-refractivity contribution is -0.131. The largest absolute Gasteiger partial charge is 0.478 e. The molecule has 0 amide bonds. The molecule has 0 aliphatic heterocycles. The van der Waals surface area contributed by atoms with Gasteiger partial charge in [-0.2, -0.15) is 0 Å². The second-order valence-electron chi connectivity index (χ2n) is 2.69. The first-order valence-electron chi connectivity index (χ1n) is 3.67. The van der Waals surface area contributed by atoms with Gasteiger partial charge in [0.05, 0.1) is 0 Å². The summed E-state index contributed by atoms with van der Waals surface area (Å²) in [5, 5.41) is 8.22. The molecule has 0 heterocycles. The number of allylic oxidation sites excluding steroid dienone is 1. The third kappa shape index (κ3) is 9.17. The molecule has 0 aromatic carbocycles. The van der Waals surface area contributed by atoms with Gasteiger partial charge in [0, 0.05) is 6.08 Å². The van der Waals surface area contributed by atoms with Crippen molar-refractivity contribution in [2.45, 2.75) is 12.8 Å². The van der Waals surface area contributed by atoms with Crippen molar-refractivity contribution < 1.29 is 9.90 Å². The molecule has 0 saturated heterocycles. The van der Waals surface area contributed by atoms with Gasteiger partial charge in [-0.05, 0) is 33.5 Å². The van der Waals surface area contributed by atoms with Crippen LogP contribution in [0.15, 0.2) is 12.2 Å². The zero-order chi connectivity index (χ0) is 8.69. The van der Waals surface area contributed by atoms with Crippen LogP contribution in [-0.4, -0.2) is 36.6 Å². The minimum atomic E-state index is -0.866. The van der Waals surface area contributed by atoms with Crippen molar-refractivity contribution in [2.75, 3.05) is 20.6 Å². The maximum atomic E-state index is 10.00. The second-order valence-corrected chi connectivity index (χ2v) is 2.69. The molecule has 11 heavy (non-hydrogen) atoms. The number of rotatable bonds is 5. The monoisotopic (exact) mass is 157 g/mol. The highest BCUT2D eigenvalue weighted by Gasteiger charge is 1.88. The van der Waals surface area contributed by atoms with Gasteiger partial charge in [-0.15, -0.1) is 0 Å². The van der Waals surface area contributed by atoms with Crippen LogP contribution in [0.3, 0.4) is 0 Å². The van der Waals surface area contributed by atoms with Crippen molar-refractivity contribution in [1.29, 1.82) is 0 Å². The van der Waals surface area contributed by atoms with Crippen LogP contribution >= 0.6 is 0 Å². The number of carbonyl (C=O) groups is 1. The maximum absolute atomic E-state index is 10.00. The molecule has 0 unspecified atom stereocenters. The highest BCUT2D eigenvalue weighted by atomic mass is 16.4. The lowest BCUT2D eigenvalue weighted by Crippen LogP contribution is -2.12. The summed E-state index contributed by atoms with van der Waals surface area (Å²) in [4.78, 5) is 12.1. The summed E-state index contributed by atoms with van der Waals surface area (Å²) in [6.45, 7) is 1.00. The molecule has 0 fully saturated rings. The summed E-state index contributed by atoms with van der Waals surface area (Å²) in [5.74, 6) is -0.866. The van der Waals surface area contributed by atoms with Gasteiger partial charge in [-0.25, -0.2) is 4.79 Å². The molecule has 0 aromatic heterocycles. The highest BCUT2D eigenvalue weighted by Crippen LogP contribution is 1.91. The molecular formula is C8H15NO2. The fraction of sp³-hybridized carbons (Fsp3) is 0.625. The van der Waals surface area contributed by atoms with E-state index in [1.54, 1.807) is 6.08 Å². The summed E-state index contributed by atoms with van der Waals surface area (Å²) < 4.78 is 0. The van der Waals surface area contributed by atoms with E-state index in [9.17, 15) is 4.79 Å². The molecule has 0 rings (SSSR count). The lowest BCUT2D eigenvalue weighted by Gasteiger charge is -2.06. The highest BCUT2D eigenvalue weighted by molar-refractivity contribution is 5.79. The van der Waals surface area contributed by atoms with Crippen molar-refractivity contribution in [3.63, 3.8) is 0 Å². The zero-order valence-corrected chi connectivity index (χ0v) is 7.08. The van der Waals surface area contributed by atoms with Crippen LogP contribution in [0.4, 0.5) is 0 Å². The van der Waals surface area contributed by atoms with E-state index >= 15 is 0 Å². The fourth-order valence-electron chi connectivity index (χ4n) is 0.710. The van der Waals surface area contributed by atoms with Crippen LogP contribution in [0, 0.1) is 0 Å². The van der Waals surface area contributed by atoms with E-state index in [4.69, 9.17) is 5.11 Å². The van der Waals surface area contributed by atoms with Crippen LogP contribution in [-0.2, 0) is 4.79 Å². The molecule has 0 atom stereocenters. The third-order valence-electron chi connectivity index (χ3n) is 1.24. The molecule has 64 valence electrons. The van der Waals surface area contributed by atoms with Gasteiger partial charge >= 0.3 is 5.97 Å². The molecule has 0 aliphatic rings. The number of nitrogens with zero attached hydrogens (tertiary/aromatic N) is 1. The molecule has 3 heteroatoms. The minimum absolute atomic E-state index is 0.838. The molecular weight excluding hydrogens is 142 g/mol. The van der Waals surface area contributed by atoms with Crippen molar-refractivity contribution in [3.05, 3.63) is 12.2 Å². The number of unbranched alkanes of at least 4 members (excludes halogenated alkanes) is 1. The summed E-state index contributed by atoms with van der Waals surface area (Å²) >= 11 is 0. The molecule has 1 N–H and O–H groups in total. The summed E-state index contributed by atoms with van der Waals surface area (Å²) in [7, 11) is 4.00. The van der Waals surface area contributed by atoms with Gasteiger partial charge in [-0.3, -0.25) is 0 Å². The first-order valence-corrected chi connectivity index (χ1v) is 3.67. The number of aliphatic carboxylic acids is 1. The van der Waals surface area contributed by atoms with Gasteiger partial charge in [0.15, 0.2) is 0 Å². The summed E-state index contributed by atoms with van der Waals surface area (Å²) in [6.07, 6.45) is 4.72. The van der Waals surface area contributed by atoms with Crippen LogP contribution < -0.4 is 0 Å². The van der Waals surface area contributed by atoms with Crippen LogP contribution in [0.5, 0.6) is 0 Å². The van der Waals surface area contributed by atoms with Gasteiger partial charge in [0.25, 0.3) is 0 Å². The molecule has 0 radical (unpaired) electrons. The van der Waals surface area contributed by atoms with Crippen molar-refractivity contribution in [1.82, 2.24) is 4.90 Å². The average Bonchev–Trinajstić information content (AvgIpc) is 1.85. The summed E-state index contributed by atoms with van der Waals surface area (Å²) in [5.41, 5.74) is 0. The molecule has 0 aromatic rings. The topological polar surface area (TPSA) is 40.5 Å². The quantitative estimate of drug-likeness (QED) is 0.477. The summed E-state index contributed by atoms with van der Waals surface area (Å²) in [6, 6.07) is 0. The third-order valence-corrected chi connectivity index (χ3v) is 1.24. The second kappa shape index (κ2) is 5.92. The number of hydrogen-bond acceptors (Lipinski definition) is 2. The predicted octanol–water partition coefficient (Wildman–Crippen LogP) is 0.969. The molecule has 0 bridgehead atoms. The Balaban J connectivity index is 3.21. The Bertz CT molecular complexity index is 141. The van der Waals surface area contributed by atoms with Gasteiger partial charge in [0.2, 0.25) is 0 Å². The van der Waals surface area contributed by atoms with Crippen LogP contribution in [0.1, 0.15) is 12.8 Å². The Labute approximate surface area is 67.3 Å². The van der Waals surface area contributed by atoms with E-state index in [1.807, 2.05) is 14.1 Å². The zero-order valence-electron chi connectivity index (χ0n) is 7.08. The Morgan fingerprint density at radius 3 is 2.64 bits per heavy atom. The van der Waals surface area contributed by atoms with Crippen molar-refractivity contribution in [2.24, 2.45) is 0 Å². The van der Waals surface area contributed by atoms with E-state index in [1.165, 1.54) is 6.08 Å². The standard InChI is InChI=1S/C8H15NO2/c1-9(2)7-5-3-4-6-8(10)11/h4,6H,3,5,7H2,1-2H3,(H,10,11). The average molecular weight is 157 g/mol. The SMILES string of the molecule is CN(C)CCCC=CC(=O)O. The predicted molar refractivity (Wildman–Crippen MR) is 44.6 cm³/mol. The molecule has 0 aliphatic carbocycles. The van der Waals surface area contributed by atoms with Crippen LogP contribution in [0.2, 0.25) is 0 Å². The minimum Gasteiger partial charge on any atom is -0.478 e. The van der Waals surface area contributed by atoms with E-state index < -0.39 is 5.97 Å². The Hall–Kier alpha value is -0.830. The lowest BCUT2D eigenvalue weighted by atomic mass is 10.3. The normalized spacial score (nSPS) is 11.2. The van der Waals surface area contributed by atoms with Crippen molar-refractivity contribution >= 4 is 5.97 Å². The van der Waals surface area contributed by atoms with E-state index in [0.29, 0.717) is 0 Å². The van der Waals surface area contributed by atoms with E-state index in [0.717, 1.165) is 19.4 Å². The molecule has 0 saturated carbocycles. The van der Waals surface area contributed by atoms with Gasteiger partial charge < -0.3 is 10.0 Å². The Morgan fingerprint density at radius 1 is 1.55 bits per heavy atom. The molecule has 3 nitrogen and oxygen atoms in total. The maximum Gasteiger partial charge on any atom is 0.327 e. The van der Waals surface area contributed by atoms with E-state index in [-0.39, 0.29) is 0 Å². The van der Waals surface area contributed by atoms with Gasteiger partial charge in [-0.1, -0.05) is 6.08 Å². The Kier molecular flexibility index (Phi) is 5.47. The Morgan fingerprint density at radius 2 is 2.18 bits per heavy atom. The fourth-order valence-corrected chi connectivity index (χ4v) is 0.710. The number of carboxylic acid groups (broad SMARTS) is 1. The van der Waals surface area contributed by atoms with E-state index in [2.05, 4.69) is 4.90 Å². The number of carboxylic acids is 1. The molecule has 0 spiro atoms.